The lowest BCUT2D eigenvalue weighted by atomic mass is 9.84. The first-order valence-electron chi connectivity index (χ1n) is 14.7. The first kappa shape index (κ1) is 34.8. The molecule has 0 aromatic heterocycles. The van der Waals surface area contributed by atoms with Crippen LogP contribution in [0.3, 0.4) is 0 Å². The van der Waals surface area contributed by atoms with Crippen molar-refractivity contribution in [2.75, 3.05) is 37.6 Å². The maximum Gasteiger partial charge on any atom is 0.417 e. The normalized spacial score (nSPS) is 19.6. The van der Waals surface area contributed by atoms with Gasteiger partial charge >= 0.3 is 6.18 Å². The molecule has 1 saturated heterocycles. The van der Waals surface area contributed by atoms with Gasteiger partial charge in [0.25, 0.3) is 18.3 Å². The Morgan fingerprint density at radius 1 is 1.20 bits per heavy atom. The van der Waals surface area contributed by atoms with Crippen LogP contribution in [0.5, 0.6) is 5.75 Å². The van der Waals surface area contributed by atoms with E-state index in [0.29, 0.717) is 13.0 Å². The summed E-state index contributed by atoms with van der Waals surface area (Å²) in [6, 6.07) is 11.3. The molecule has 3 N–H and O–H groups in total. The Kier molecular flexibility index (Phi) is 11.1. The number of likely N-dealkylation sites (N-methyl/N-ethyl adjacent to an activating group) is 1. The van der Waals surface area contributed by atoms with E-state index in [2.05, 4.69) is 10.1 Å². The summed E-state index contributed by atoms with van der Waals surface area (Å²) in [5.74, 6) is -1.31. The number of carbonyl (C=O) groups is 3. The summed E-state index contributed by atoms with van der Waals surface area (Å²) in [6.45, 7) is 12.3. The van der Waals surface area contributed by atoms with Gasteiger partial charge in [-0.3, -0.25) is 14.4 Å². The van der Waals surface area contributed by atoms with Gasteiger partial charge in [0.2, 0.25) is 0 Å². The maximum atomic E-state index is 14.3. The van der Waals surface area contributed by atoms with Gasteiger partial charge in [-0.15, -0.1) is 0 Å². The van der Waals surface area contributed by atoms with Crippen LogP contribution in [0.15, 0.2) is 42.5 Å². The van der Waals surface area contributed by atoms with Crippen molar-refractivity contribution in [3.63, 3.8) is 0 Å². The fourth-order valence-corrected chi connectivity index (χ4v) is 5.46. The highest BCUT2D eigenvalue weighted by Gasteiger charge is 2.45. The van der Waals surface area contributed by atoms with Crippen LogP contribution in [0.4, 0.5) is 18.9 Å². The number of benzene rings is 2. The molecular weight excluding hydrogens is 577 g/mol. The van der Waals surface area contributed by atoms with E-state index in [1.165, 1.54) is 23.6 Å². The van der Waals surface area contributed by atoms with Crippen LogP contribution >= 0.6 is 0 Å². The van der Waals surface area contributed by atoms with Gasteiger partial charge in [-0.2, -0.15) is 13.2 Å². The number of hydrogen-bond donors (Lipinski definition) is 2. The summed E-state index contributed by atoms with van der Waals surface area (Å²) in [5, 5.41) is 3.29. The Bertz CT molecular complexity index is 1310. The number of amides is 2. The van der Waals surface area contributed by atoms with E-state index in [4.69, 9.17) is 10.5 Å². The van der Waals surface area contributed by atoms with Crippen LogP contribution < -0.4 is 20.7 Å². The van der Waals surface area contributed by atoms with E-state index in [1.807, 2.05) is 51.1 Å². The number of ether oxygens (including phenoxy) is 2. The van der Waals surface area contributed by atoms with Gasteiger partial charge < -0.3 is 30.3 Å². The third-order valence-corrected chi connectivity index (χ3v) is 7.49. The SMILES string of the molecule is CC(C)(C)OC=O.CCN(C(=O)c1cc2c(cc1C(F)(F)F)OC(C)(C)C(=O)N2CCN)[C@H]1CNCC[C@@H]1c1ccccc1. The summed E-state index contributed by atoms with van der Waals surface area (Å²) >= 11 is 0. The number of anilines is 1. The fourth-order valence-electron chi connectivity index (χ4n) is 5.46. The van der Waals surface area contributed by atoms with Crippen LogP contribution in [-0.2, 0) is 20.5 Å². The first-order chi connectivity index (χ1) is 20.6. The molecule has 44 heavy (non-hydrogen) atoms. The molecule has 9 nitrogen and oxygen atoms in total. The molecule has 2 aliphatic heterocycles. The quantitative estimate of drug-likeness (QED) is 0.430. The minimum Gasteiger partial charge on any atom is -0.476 e. The van der Waals surface area contributed by atoms with Gasteiger partial charge in [0.1, 0.15) is 11.4 Å². The van der Waals surface area contributed by atoms with Crippen LogP contribution in [0.25, 0.3) is 0 Å². The van der Waals surface area contributed by atoms with Gasteiger partial charge in [0.15, 0.2) is 5.60 Å². The summed E-state index contributed by atoms with van der Waals surface area (Å²) in [5.41, 5.74) is 3.57. The highest BCUT2D eigenvalue weighted by atomic mass is 19.4. The summed E-state index contributed by atoms with van der Waals surface area (Å²) in [7, 11) is 0. The predicted molar refractivity (Wildman–Crippen MR) is 162 cm³/mol. The smallest absolute Gasteiger partial charge is 0.417 e. The molecular formula is C32H43F3N4O5. The maximum absolute atomic E-state index is 14.3. The second-order valence-corrected chi connectivity index (χ2v) is 12.2. The summed E-state index contributed by atoms with van der Waals surface area (Å²) < 4.78 is 53.2. The van der Waals surface area contributed by atoms with E-state index >= 15 is 0 Å². The zero-order valence-electron chi connectivity index (χ0n) is 26.2. The summed E-state index contributed by atoms with van der Waals surface area (Å²) in [4.78, 5) is 39.3. The van der Waals surface area contributed by atoms with E-state index < -0.39 is 34.7 Å². The third-order valence-electron chi connectivity index (χ3n) is 7.49. The molecule has 0 aliphatic carbocycles. The van der Waals surface area contributed by atoms with Crippen LogP contribution in [-0.4, -0.2) is 73.2 Å². The molecule has 4 rings (SSSR count). The Hall–Kier alpha value is -3.64. The average Bonchev–Trinajstić information content (AvgIpc) is 2.95. The van der Waals surface area contributed by atoms with Crippen molar-refractivity contribution in [1.82, 2.24) is 10.2 Å². The molecule has 0 unspecified atom stereocenters. The highest BCUT2D eigenvalue weighted by molar-refractivity contribution is 6.05. The van der Waals surface area contributed by atoms with Crippen LogP contribution in [0, 0.1) is 0 Å². The number of carbonyl (C=O) groups excluding carboxylic acids is 3. The molecule has 12 heteroatoms. The molecule has 2 atom stereocenters. The molecule has 2 aliphatic rings. The number of nitrogens with two attached hydrogens (primary N) is 1. The largest absolute Gasteiger partial charge is 0.476 e. The zero-order valence-corrected chi connectivity index (χ0v) is 26.2. The van der Waals surface area contributed by atoms with E-state index in [1.54, 1.807) is 6.92 Å². The lowest BCUT2D eigenvalue weighted by Crippen LogP contribution is -2.54. The second-order valence-electron chi connectivity index (χ2n) is 12.2. The Labute approximate surface area is 256 Å². The van der Waals surface area contributed by atoms with Gasteiger partial charge in [0, 0.05) is 32.1 Å². The topological polar surface area (TPSA) is 114 Å². The molecule has 2 aromatic rings. The number of nitrogens with zero attached hydrogens (tertiary/aromatic N) is 2. The molecule has 0 bridgehead atoms. The number of piperidine rings is 1. The van der Waals surface area contributed by atoms with E-state index in [-0.39, 0.29) is 48.6 Å². The van der Waals surface area contributed by atoms with Crippen molar-refractivity contribution in [1.29, 1.82) is 0 Å². The standard InChI is InChI=1S/C27H33F3N4O3.C5H10O2/c1-4-33(22-16-32-12-10-18(22)17-8-6-5-7-9-17)24(35)19-14-21-23(15-20(19)27(28,29)30)37-26(2,3)25(36)34(21)13-11-31;1-5(2,3)7-4-6/h5-9,14-15,18,22,32H,4,10-13,16,31H2,1-3H3;4H,1-3H3/t18-,22+;/m1./s1. The van der Waals surface area contributed by atoms with Crippen LogP contribution in [0.2, 0.25) is 0 Å². The zero-order chi connectivity index (χ0) is 32.9. The Morgan fingerprint density at radius 2 is 1.86 bits per heavy atom. The highest BCUT2D eigenvalue weighted by Crippen LogP contribution is 2.44. The summed E-state index contributed by atoms with van der Waals surface area (Å²) in [6.07, 6.45) is -4.06. The molecule has 2 heterocycles. The van der Waals surface area contributed by atoms with E-state index in [0.717, 1.165) is 30.7 Å². The first-order valence-corrected chi connectivity index (χ1v) is 14.7. The number of alkyl halides is 3. The van der Waals surface area contributed by atoms with Gasteiger partial charge in [-0.25, -0.2) is 0 Å². The molecule has 0 radical (unpaired) electrons. The van der Waals surface area contributed by atoms with Crippen molar-refractivity contribution in [3.05, 3.63) is 59.2 Å². The van der Waals surface area contributed by atoms with Gasteiger partial charge in [-0.05, 0) is 72.2 Å². The Morgan fingerprint density at radius 3 is 2.39 bits per heavy atom. The number of fused-ring (bicyclic) bond motifs is 1. The van der Waals surface area contributed by atoms with Gasteiger partial charge in [-0.1, -0.05) is 30.3 Å². The van der Waals surface area contributed by atoms with Crippen LogP contribution in [0.1, 0.15) is 75.4 Å². The van der Waals surface area contributed by atoms with Crippen molar-refractivity contribution >= 4 is 24.0 Å². The second kappa shape index (κ2) is 14.0. The number of halogens is 3. The predicted octanol–water partition coefficient (Wildman–Crippen LogP) is 4.73. The molecule has 2 amide bonds. The van der Waals surface area contributed by atoms with Crippen molar-refractivity contribution in [2.24, 2.45) is 5.73 Å². The minimum atomic E-state index is -4.81. The number of nitrogens with one attached hydrogen (secondary N) is 1. The van der Waals surface area contributed by atoms with Gasteiger partial charge in [0.05, 0.1) is 22.9 Å². The number of rotatable bonds is 7. The lowest BCUT2D eigenvalue weighted by molar-refractivity contribution is -0.139. The molecule has 2 aromatic carbocycles. The lowest BCUT2D eigenvalue weighted by Gasteiger charge is -2.41. The van der Waals surface area contributed by atoms with Crippen molar-refractivity contribution < 1.29 is 37.0 Å². The number of hydrogen-bond acceptors (Lipinski definition) is 7. The third kappa shape index (κ3) is 8.09. The Balaban J connectivity index is 0.000000676. The minimum absolute atomic E-state index is 0.0298. The molecule has 0 saturated carbocycles. The molecule has 242 valence electrons. The monoisotopic (exact) mass is 620 g/mol. The fraction of sp³-hybridized carbons (Fsp3) is 0.531. The average molecular weight is 621 g/mol. The molecule has 1 fully saturated rings. The van der Waals surface area contributed by atoms with E-state index in [9.17, 15) is 27.6 Å². The van der Waals surface area contributed by atoms with Crippen molar-refractivity contribution in [3.8, 4) is 5.75 Å². The van der Waals surface area contributed by atoms with Crippen molar-refractivity contribution in [2.45, 2.75) is 77.3 Å². The molecule has 0 spiro atoms.